The highest BCUT2D eigenvalue weighted by Crippen LogP contribution is 2.18. The van der Waals surface area contributed by atoms with Crippen molar-refractivity contribution in [3.63, 3.8) is 0 Å². The van der Waals surface area contributed by atoms with Gasteiger partial charge in [-0.25, -0.2) is 0 Å². The molecule has 126 valence electrons. The first-order chi connectivity index (χ1) is 9.64. The second-order valence-electron chi connectivity index (χ2n) is 5.56. The zero-order chi connectivity index (χ0) is 16.5. The summed E-state index contributed by atoms with van der Waals surface area (Å²) in [6.07, 6.45) is -2.05. The molecule has 0 bridgehead atoms. The molecule has 0 aromatic carbocycles. The molecule has 0 aliphatic rings. The Morgan fingerprint density at radius 2 is 1.81 bits per heavy atom. The average molecular weight is 312 g/mol. The van der Waals surface area contributed by atoms with Crippen LogP contribution in [0.4, 0.5) is 13.2 Å². The number of alkyl halides is 3. The smallest absolute Gasteiger partial charge is 0.401 e. The van der Waals surface area contributed by atoms with E-state index in [2.05, 4.69) is 5.32 Å². The van der Waals surface area contributed by atoms with E-state index in [9.17, 15) is 23.1 Å². The molecule has 2 N–H and O–H groups in total. The average Bonchev–Trinajstić information content (AvgIpc) is 2.34. The molecule has 4 nitrogen and oxygen atoms in total. The van der Waals surface area contributed by atoms with Crippen molar-refractivity contribution in [3.05, 3.63) is 0 Å². The molecule has 0 saturated carbocycles. The molecular formula is C14H27F3N2O2. The van der Waals surface area contributed by atoms with Crippen molar-refractivity contribution in [1.82, 2.24) is 10.2 Å². The van der Waals surface area contributed by atoms with E-state index >= 15 is 0 Å². The molecule has 0 aromatic heterocycles. The standard InChI is InChI=1S/C14H27F3N2O2/c1-4-8-18-13(3,12(20)21)7-6-10-19(9-5-2)11-14(15,16)17/h18H,4-11H2,1-3H3,(H,20,21). The Labute approximate surface area is 124 Å². The van der Waals surface area contributed by atoms with Gasteiger partial charge in [0.05, 0.1) is 6.54 Å². The van der Waals surface area contributed by atoms with Gasteiger partial charge in [0, 0.05) is 0 Å². The van der Waals surface area contributed by atoms with E-state index in [1.165, 1.54) is 4.90 Å². The quantitative estimate of drug-likeness (QED) is 0.616. The van der Waals surface area contributed by atoms with E-state index in [4.69, 9.17) is 0 Å². The Hall–Kier alpha value is -0.820. The zero-order valence-corrected chi connectivity index (χ0v) is 13.1. The van der Waals surface area contributed by atoms with Gasteiger partial charge in [0.25, 0.3) is 0 Å². The van der Waals surface area contributed by atoms with Crippen molar-refractivity contribution in [2.45, 2.75) is 58.2 Å². The molecule has 0 radical (unpaired) electrons. The number of carboxylic acids is 1. The Balaban J connectivity index is 4.40. The minimum atomic E-state index is -4.22. The van der Waals surface area contributed by atoms with Crippen LogP contribution in [-0.4, -0.2) is 53.9 Å². The third-order valence-electron chi connectivity index (χ3n) is 3.33. The van der Waals surface area contributed by atoms with Gasteiger partial charge in [-0.3, -0.25) is 9.69 Å². The van der Waals surface area contributed by atoms with E-state index in [-0.39, 0.29) is 6.54 Å². The van der Waals surface area contributed by atoms with Gasteiger partial charge >= 0.3 is 12.1 Å². The molecule has 0 spiro atoms. The SMILES string of the molecule is CCCNC(C)(CCCN(CCC)CC(F)(F)F)C(=O)O. The number of nitrogens with zero attached hydrogens (tertiary/aromatic N) is 1. The van der Waals surface area contributed by atoms with Crippen LogP contribution in [0, 0.1) is 0 Å². The minimum Gasteiger partial charge on any atom is -0.480 e. The number of halogens is 3. The monoisotopic (exact) mass is 312 g/mol. The molecule has 0 fully saturated rings. The van der Waals surface area contributed by atoms with Gasteiger partial charge in [-0.05, 0) is 52.2 Å². The number of aliphatic carboxylic acids is 1. The highest BCUT2D eigenvalue weighted by molar-refractivity contribution is 5.78. The predicted molar refractivity (Wildman–Crippen MR) is 76.4 cm³/mol. The molecule has 21 heavy (non-hydrogen) atoms. The maximum atomic E-state index is 12.4. The van der Waals surface area contributed by atoms with Crippen LogP contribution in [-0.2, 0) is 4.79 Å². The lowest BCUT2D eigenvalue weighted by molar-refractivity contribution is -0.148. The van der Waals surface area contributed by atoms with Crippen LogP contribution in [0.1, 0.15) is 46.5 Å². The van der Waals surface area contributed by atoms with Crippen molar-refractivity contribution in [2.24, 2.45) is 0 Å². The predicted octanol–water partition coefficient (Wildman–Crippen LogP) is 2.88. The Bertz CT molecular complexity index is 311. The molecule has 0 aliphatic carbocycles. The molecule has 0 amide bonds. The molecule has 1 unspecified atom stereocenters. The number of carboxylic acid groups (broad SMARTS) is 1. The first-order valence-electron chi connectivity index (χ1n) is 7.42. The maximum Gasteiger partial charge on any atom is 0.401 e. The summed E-state index contributed by atoms with van der Waals surface area (Å²) in [5.41, 5.74) is -1.08. The van der Waals surface area contributed by atoms with Crippen molar-refractivity contribution < 1.29 is 23.1 Å². The minimum absolute atomic E-state index is 0.254. The summed E-state index contributed by atoms with van der Waals surface area (Å²) in [4.78, 5) is 12.6. The highest BCUT2D eigenvalue weighted by Gasteiger charge is 2.33. The van der Waals surface area contributed by atoms with Gasteiger partial charge in [0.2, 0.25) is 0 Å². The van der Waals surface area contributed by atoms with Gasteiger partial charge in [-0.1, -0.05) is 13.8 Å². The van der Waals surface area contributed by atoms with Gasteiger partial charge in [0.1, 0.15) is 5.54 Å². The van der Waals surface area contributed by atoms with E-state index in [1.54, 1.807) is 6.92 Å². The lowest BCUT2D eigenvalue weighted by Crippen LogP contribution is -2.50. The fourth-order valence-corrected chi connectivity index (χ4v) is 2.17. The van der Waals surface area contributed by atoms with Gasteiger partial charge in [0.15, 0.2) is 0 Å². The summed E-state index contributed by atoms with van der Waals surface area (Å²) in [5, 5.41) is 12.2. The summed E-state index contributed by atoms with van der Waals surface area (Å²) < 4.78 is 37.3. The van der Waals surface area contributed by atoms with Crippen molar-refractivity contribution in [3.8, 4) is 0 Å². The molecule has 0 aromatic rings. The molecule has 0 aliphatic heterocycles. The van der Waals surface area contributed by atoms with Crippen LogP contribution < -0.4 is 5.32 Å². The van der Waals surface area contributed by atoms with Crippen LogP contribution >= 0.6 is 0 Å². The lowest BCUT2D eigenvalue weighted by Gasteiger charge is -2.28. The second kappa shape index (κ2) is 9.25. The van der Waals surface area contributed by atoms with E-state index < -0.39 is 24.2 Å². The summed E-state index contributed by atoms with van der Waals surface area (Å²) in [6, 6.07) is 0. The van der Waals surface area contributed by atoms with E-state index in [1.807, 2.05) is 13.8 Å². The zero-order valence-electron chi connectivity index (χ0n) is 13.1. The summed E-state index contributed by atoms with van der Waals surface area (Å²) in [5.74, 6) is -0.964. The molecule has 0 heterocycles. The first kappa shape index (κ1) is 20.2. The molecule has 0 rings (SSSR count). The third kappa shape index (κ3) is 8.93. The fourth-order valence-electron chi connectivity index (χ4n) is 2.17. The molecule has 1 atom stereocenters. The number of rotatable bonds is 11. The van der Waals surface area contributed by atoms with Gasteiger partial charge < -0.3 is 10.4 Å². The Morgan fingerprint density at radius 1 is 1.19 bits per heavy atom. The van der Waals surface area contributed by atoms with Crippen LogP contribution in [0.5, 0.6) is 0 Å². The first-order valence-corrected chi connectivity index (χ1v) is 7.42. The van der Waals surface area contributed by atoms with Gasteiger partial charge in [-0.15, -0.1) is 0 Å². The normalized spacial score (nSPS) is 15.2. The van der Waals surface area contributed by atoms with E-state index in [0.717, 1.165) is 6.42 Å². The molecule has 7 heteroatoms. The van der Waals surface area contributed by atoms with Crippen LogP contribution in [0.25, 0.3) is 0 Å². The summed E-state index contributed by atoms with van der Waals surface area (Å²) in [6.45, 7) is 5.60. The van der Waals surface area contributed by atoms with Crippen LogP contribution in [0.3, 0.4) is 0 Å². The maximum absolute atomic E-state index is 12.4. The number of hydrogen-bond donors (Lipinski definition) is 2. The van der Waals surface area contributed by atoms with Crippen molar-refractivity contribution in [1.29, 1.82) is 0 Å². The largest absolute Gasteiger partial charge is 0.480 e. The summed E-state index contributed by atoms with van der Waals surface area (Å²) >= 11 is 0. The van der Waals surface area contributed by atoms with Crippen LogP contribution in [0.15, 0.2) is 0 Å². The van der Waals surface area contributed by atoms with Gasteiger partial charge in [-0.2, -0.15) is 13.2 Å². The molecular weight excluding hydrogens is 285 g/mol. The topological polar surface area (TPSA) is 52.6 Å². The second-order valence-corrected chi connectivity index (χ2v) is 5.56. The highest BCUT2D eigenvalue weighted by atomic mass is 19.4. The van der Waals surface area contributed by atoms with E-state index in [0.29, 0.717) is 32.4 Å². The number of carbonyl (C=O) groups is 1. The third-order valence-corrected chi connectivity index (χ3v) is 3.33. The Morgan fingerprint density at radius 3 is 2.24 bits per heavy atom. The summed E-state index contributed by atoms with van der Waals surface area (Å²) in [7, 11) is 0. The van der Waals surface area contributed by atoms with Crippen molar-refractivity contribution in [2.75, 3.05) is 26.2 Å². The molecule has 0 saturated heterocycles. The number of nitrogens with one attached hydrogen (secondary N) is 1. The number of hydrogen-bond acceptors (Lipinski definition) is 3. The fraction of sp³-hybridized carbons (Fsp3) is 0.929. The Kier molecular flexibility index (Phi) is 8.89. The van der Waals surface area contributed by atoms with Crippen molar-refractivity contribution >= 4 is 5.97 Å². The van der Waals surface area contributed by atoms with Crippen LogP contribution in [0.2, 0.25) is 0 Å². The lowest BCUT2D eigenvalue weighted by atomic mass is 9.95.